The standard InChI is InChI=1S/C32H42S3/c1-5-9-11-13-21(7-3)27-17-23-15-25-26-16-24-18-28(22(8-4)14-12-10-6-2)34-30(24)20-32(26)35-31(25)19-29(23)33-27/h15-23,29H,5-14H2,1-4H3. The summed E-state index contributed by atoms with van der Waals surface area (Å²) in [6, 6.07) is 7.52. The van der Waals surface area contributed by atoms with E-state index in [-0.39, 0.29) is 0 Å². The quantitative estimate of drug-likeness (QED) is 0.213. The minimum atomic E-state index is 0.567. The molecule has 3 aromatic rings. The van der Waals surface area contributed by atoms with Crippen LogP contribution in [0.3, 0.4) is 0 Å². The van der Waals surface area contributed by atoms with E-state index in [9.17, 15) is 0 Å². The Morgan fingerprint density at radius 1 is 0.743 bits per heavy atom. The molecule has 3 heteroatoms. The summed E-state index contributed by atoms with van der Waals surface area (Å²) >= 11 is 6.23. The molecule has 5 rings (SSSR count). The van der Waals surface area contributed by atoms with E-state index in [1.54, 1.807) is 9.78 Å². The van der Waals surface area contributed by atoms with Crippen LogP contribution in [0, 0.1) is 11.8 Å². The molecule has 0 N–H and O–H groups in total. The number of hydrogen-bond donors (Lipinski definition) is 0. The van der Waals surface area contributed by atoms with Crippen molar-refractivity contribution in [1.29, 1.82) is 0 Å². The Morgan fingerprint density at radius 2 is 1.49 bits per heavy atom. The molecule has 0 amide bonds. The van der Waals surface area contributed by atoms with Gasteiger partial charge in [0.25, 0.3) is 0 Å². The van der Waals surface area contributed by atoms with Crippen LogP contribution in [0.1, 0.15) is 103 Å². The highest BCUT2D eigenvalue weighted by atomic mass is 32.2. The zero-order valence-corrected chi connectivity index (χ0v) is 24.5. The lowest BCUT2D eigenvalue weighted by atomic mass is 9.93. The molecule has 0 fully saturated rings. The maximum Gasteiger partial charge on any atom is 0.0386 e. The van der Waals surface area contributed by atoms with Crippen LogP contribution in [-0.4, -0.2) is 5.25 Å². The first-order chi connectivity index (χ1) is 17.1. The van der Waals surface area contributed by atoms with Crippen LogP contribution in [0.2, 0.25) is 0 Å². The Labute approximate surface area is 224 Å². The summed E-state index contributed by atoms with van der Waals surface area (Å²) in [6.07, 6.45) is 21.2. The van der Waals surface area contributed by atoms with E-state index in [4.69, 9.17) is 0 Å². The molecule has 1 aliphatic carbocycles. The molecular weight excluding hydrogens is 481 g/mol. The van der Waals surface area contributed by atoms with Gasteiger partial charge in [-0.15, -0.1) is 34.4 Å². The summed E-state index contributed by atoms with van der Waals surface area (Å²) in [5.74, 6) is 2.06. The lowest BCUT2D eigenvalue weighted by Crippen LogP contribution is -2.28. The minimum Gasteiger partial charge on any atom is -0.140 e. The van der Waals surface area contributed by atoms with Crippen molar-refractivity contribution in [2.24, 2.45) is 11.8 Å². The number of fused-ring (bicyclic) bond motifs is 5. The second-order valence-corrected chi connectivity index (χ2v) is 14.1. The zero-order valence-electron chi connectivity index (χ0n) is 22.1. The van der Waals surface area contributed by atoms with Gasteiger partial charge in [-0.25, -0.2) is 0 Å². The van der Waals surface area contributed by atoms with Gasteiger partial charge in [-0.05, 0) is 71.2 Å². The second-order valence-electron chi connectivity index (χ2n) is 10.7. The molecule has 0 saturated carbocycles. The number of thiophene rings is 2. The van der Waals surface area contributed by atoms with Crippen LogP contribution in [0.5, 0.6) is 0 Å². The van der Waals surface area contributed by atoms with Gasteiger partial charge < -0.3 is 0 Å². The largest absolute Gasteiger partial charge is 0.140 e. The van der Waals surface area contributed by atoms with Crippen LogP contribution < -0.4 is 9.75 Å². The maximum absolute atomic E-state index is 2.63. The fraction of sp³-hybridized carbons (Fsp3) is 0.562. The smallest absolute Gasteiger partial charge is 0.0386 e. The molecule has 3 heterocycles. The van der Waals surface area contributed by atoms with Gasteiger partial charge in [0.1, 0.15) is 0 Å². The first kappa shape index (κ1) is 25.6. The van der Waals surface area contributed by atoms with Crippen molar-refractivity contribution in [2.45, 2.75) is 103 Å². The van der Waals surface area contributed by atoms with E-state index in [1.807, 2.05) is 11.3 Å². The van der Waals surface area contributed by atoms with Crippen LogP contribution in [0.4, 0.5) is 0 Å². The third-order valence-corrected chi connectivity index (χ3v) is 12.1. The van der Waals surface area contributed by atoms with Crippen LogP contribution in [0.25, 0.3) is 32.3 Å². The van der Waals surface area contributed by atoms with E-state index < -0.39 is 0 Å². The van der Waals surface area contributed by atoms with Crippen LogP contribution in [-0.2, 0) is 0 Å². The average molecular weight is 523 g/mol. The minimum absolute atomic E-state index is 0.567. The molecule has 0 radical (unpaired) electrons. The summed E-state index contributed by atoms with van der Waals surface area (Å²) in [6.45, 7) is 9.36. The van der Waals surface area contributed by atoms with Crippen molar-refractivity contribution >= 4 is 66.8 Å². The molecule has 0 bridgehead atoms. The Morgan fingerprint density at radius 3 is 2.20 bits per heavy atom. The number of allylic oxidation sites excluding steroid dienone is 2. The third-order valence-electron chi connectivity index (χ3n) is 8.20. The van der Waals surface area contributed by atoms with Gasteiger partial charge in [0.2, 0.25) is 0 Å². The van der Waals surface area contributed by atoms with Crippen molar-refractivity contribution < 1.29 is 0 Å². The van der Waals surface area contributed by atoms with Crippen LogP contribution >= 0.6 is 34.4 Å². The summed E-state index contributed by atoms with van der Waals surface area (Å²) < 4.78 is 4.46. The van der Waals surface area contributed by atoms with Gasteiger partial charge in [0.15, 0.2) is 0 Å². The van der Waals surface area contributed by atoms with Gasteiger partial charge in [0, 0.05) is 35.4 Å². The molecule has 0 saturated heterocycles. The van der Waals surface area contributed by atoms with Gasteiger partial charge in [-0.1, -0.05) is 84.4 Å². The number of benzene rings is 1. The fourth-order valence-electron chi connectivity index (χ4n) is 5.98. The molecule has 188 valence electrons. The predicted molar refractivity (Wildman–Crippen MR) is 163 cm³/mol. The monoisotopic (exact) mass is 522 g/mol. The Bertz CT molecular complexity index is 1300. The van der Waals surface area contributed by atoms with E-state index in [0.29, 0.717) is 11.2 Å². The van der Waals surface area contributed by atoms with E-state index in [2.05, 4.69) is 87.2 Å². The normalized spacial score (nSPS) is 20.9. The highest BCUT2D eigenvalue weighted by Gasteiger charge is 2.30. The van der Waals surface area contributed by atoms with E-state index in [0.717, 1.165) is 11.8 Å². The highest BCUT2D eigenvalue weighted by molar-refractivity contribution is 8.04. The fourth-order valence-corrected chi connectivity index (χ4v) is 10.2. The molecule has 0 nitrogen and oxygen atoms in total. The van der Waals surface area contributed by atoms with Crippen molar-refractivity contribution in [3.8, 4) is 0 Å². The van der Waals surface area contributed by atoms with Crippen LogP contribution in [0.15, 0.2) is 29.2 Å². The molecule has 0 spiro atoms. The van der Waals surface area contributed by atoms with Gasteiger partial charge in [-0.3, -0.25) is 0 Å². The predicted octanol–water partition coefficient (Wildman–Crippen LogP) is 9.99. The van der Waals surface area contributed by atoms with Crippen molar-refractivity contribution in [3.63, 3.8) is 0 Å². The second kappa shape index (κ2) is 11.6. The SMILES string of the molecule is CCCCCC(CC)C1=CC2C=c3c(sc4cc5sc(C(CC)CCCCC)cc5cc34)=CC2S1. The summed E-state index contributed by atoms with van der Waals surface area (Å²) in [4.78, 5) is 3.28. The average Bonchev–Trinajstić information content (AvgIpc) is 3.55. The van der Waals surface area contributed by atoms with Crippen molar-refractivity contribution in [3.05, 3.63) is 43.8 Å². The van der Waals surface area contributed by atoms with E-state index in [1.165, 1.54) is 94.1 Å². The van der Waals surface area contributed by atoms with Crippen molar-refractivity contribution in [1.82, 2.24) is 0 Å². The molecule has 1 aliphatic heterocycles. The summed E-state index contributed by atoms with van der Waals surface area (Å²) in [5, 5.41) is 5.05. The zero-order chi connectivity index (χ0) is 24.4. The molecule has 4 atom stereocenters. The van der Waals surface area contributed by atoms with Gasteiger partial charge >= 0.3 is 0 Å². The van der Waals surface area contributed by atoms with E-state index >= 15 is 0 Å². The lowest BCUT2D eigenvalue weighted by Gasteiger charge is -2.17. The topological polar surface area (TPSA) is 0 Å². The first-order valence-electron chi connectivity index (χ1n) is 14.2. The van der Waals surface area contributed by atoms with Crippen molar-refractivity contribution in [2.75, 3.05) is 0 Å². The number of thioether (sulfide) groups is 1. The number of unbranched alkanes of at least 4 members (excludes halogenated alkanes) is 4. The Kier molecular flexibility index (Phi) is 8.47. The number of rotatable bonds is 12. The van der Waals surface area contributed by atoms with Gasteiger partial charge in [-0.2, -0.15) is 0 Å². The molecule has 1 aromatic carbocycles. The molecule has 4 unspecified atom stereocenters. The lowest BCUT2D eigenvalue weighted by molar-refractivity contribution is 0.520. The maximum atomic E-state index is 2.63. The Balaban J connectivity index is 1.44. The first-order valence-corrected chi connectivity index (χ1v) is 16.7. The third kappa shape index (κ3) is 5.34. The molecular formula is C32H42S3. The molecule has 35 heavy (non-hydrogen) atoms. The number of hydrogen-bond acceptors (Lipinski definition) is 3. The molecule has 2 aliphatic rings. The summed E-state index contributed by atoms with van der Waals surface area (Å²) in [5.41, 5.74) is 0. The highest BCUT2D eigenvalue weighted by Crippen LogP contribution is 2.45. The summed E-state index contributed by atoms with van der Waals surface area (Å²) in [7, 11) is 0. The Hall–Kier alpha value is -1.03. The van der Waals surface area contributed by atoms with Gasteiger partial charge in [0.05, 0.1) is 0 Å². The molecule has 2 aromatic heterocycles.